The van der Waals surface area contributed by atoms with Gasteiger partial charge in [-0.25, -0.2) is 0 Å². The number of aliphatic imine (C=N–C) groups is 1. The van der Waals surface area contributed by atoms with Crippen LogP contribution in [0.3, 0.4) is 0 Å². The van der Waals surface area contributed by atoms with Crippen molar-refractivity contribution < 1.29 is 14.6 Å². The predicted molar refractivity (Wildman–Crippen MR) is 99.8 cm³/mol. The lowest BCUT2D eigenvalue weighted by atomic mass is 10.0. The Kier molecular flexibility index (Phi) is 4.59. The molecule has 1 aliphatic rings. The summed E-state index contributed by atoms with van der Waals surface area (Å²) in [6.45, 7) is 2.02. The van der Waals surface area contributed by atoms with E-state index in [1.807, 2.05) is 12.1 Å². The highest BCUT2D eigenvalue weighted by molar-refractivity contribution is 7.71. The van der Waals surface area contributed by atoms with Crippen molar-refractivity contribution in [3.05, 3.63) is 39.8 Å². The van der Waals surface area contributed by atoms with Gasteiger partial charge in [-0.3, -0.25) is 14.4 Å². The number of allylic oxidation sites excluding steroid dienone is 1. The molecule has 0 aliphatic carbocycles. The first kappa shape index (κ1) is 17.2. The van der Waals surface area contributed by atoms with Crippen LogP contribution in [0.1, 0.15) is 23.7 Å². The van der Waals surface area contributed by atoms with Crippen LogP contribution in [0.25, 0.3) is 11.6 Å². The van der Waals surface area contributed by atoms with Crippen LogP contribution in [0.4, 0.5) is 5.69 Å². The molecule has 0 radical (unpaired) electrons. The number of para-hydroxylation sites is 1. The van der Waals surface area contributed by atoms with Crippen LogP contribution < -0.4 is 0 Å². The van der Waals surface area contributed by atoms with Crippen molar-refractivity contribution in [2.24, 2.45) is 12.0 Å². The third-order valence-electron chi connectivity index (χ3n) is 4.31. The molecule has 1 aliphatic heterocycles. The molecule has 0 saturated heterocycles. The molecule has 0 fully saturated rings. The molecule has 2 heterocycles. The molecule has 130 valence electrons. The zero-order valence-corrected chi connectivity index (χ0v) is 15.1. The Hall–Kier alpha value is -2.67. The third kappa shape index (κ3) is 2.91. The molecule has 1 aromatic heterocycles. The van der Waals surface area contributed by atoms with Gasteiger partial charge in [0.2, 0.25) is 5.88 Å². The number of aromatic hydroxyl groups is 1. The number of hydrogen-bond acceptors (Lipinski definition) is 5. The van der Waals surface area contributed by atoms with Crippen molar-refractivity contribution in [3.8, 4) is 5.88 Å². The van der Waals surface area contributed by atoms with E-state index in [0.29, 0.717) is 10.5 Å². The maximum absolute atomic E-state index is 11.7. The Morgan fingerprint density at radius 2 is 2.20 bits per heavy atom. The molecule has 2 aromatic rings. The van der Waals surface area contributed by atoms with Gasteiger partial charge >= 0.3 is 5.97 Å². The fourth-order valence-corrected chi connectivity index (χ4v) is 3.13. The molecule has 25 heavy (non-hydrogen) atoms. The molecule has 0 unspecified atom stereocenters. The van der Waals surface area contributed by atoms with Crippen LogP contribution in [-0.2, 0) is 29.5 Å². The number of esters is 1. The van der Waals surface area contributed by atoms with E-state index in [1.54, 1.807) is 23.9 Å². The van der Waals surface area contributed by atoms with E-state index < -0.39 is 5.97 Å². The quantitative estimate of drug-likeness (QED) is 0.674. The molecule has 1 N–H and O–H groups in total. The summed E-state index contributed by atoms with van der Waals surface area (Å²) in [5.41, 5.74) is 4.43. The van der Waals surface area contributed by atoms with Crippen molar-refractivity contribution in [3.63, 3.8) is 0 Å². The average Bonchev–Trinajstić information content (AvgIpc) is 3.12. The second-order valence-electron chi connectivity index (χ2n) is 5.74. The Labute approximate surface area is 150 Å². The SMILES string of the molecule is CCc1cccc2c1N=CC2=Cc1c(O)n(C)c(=S)n1CC(=O)OC. The molecular formula is C18H19N3O3S. The van der Waals surface area contributed by atoms with E-state index in [9.17, 15) is 9.90 Å². The summed E-state index contributed by atoms with van der Waals surface area (Å²) < 4.78 is 8.08. The zero-order valence-electron chi connectivity index (χ0n) is 14.3. The van der Waals surface area contributed by atoms with E-state index in [4.69, 9.17) is 17.0 Å². The molecule has 7 heteroatoms. The van der Waals surface area contributed by atoms with Crippen molar-refractivity contribution >= 4 is 41.7 Å². The summed E-state index contributed by atoms with van der Waals surface area (Å²) in [7, 11) is 2.97. The molecule has 0 bridgehead atoms. The minimum Gasteiger partial charge on any atom is -0.493 e. The lowest BCUT2D eigenvalue weighted by Gasteiger charge is -2.06. The fraction of sp³-hybridized carbons (Fsp3) is 0.278. The van der Waals surface area contributed by atoms with Gasteiger partial charge in [-0.2, -0.15) is 0 Å². The van der Waals surface area contributed by atoms with Crippen LogP contribution in [-0.4, -0.2) is 33.5 Å². The van der Waals surface area contributed by atoms with Crippen LogP contribution in [0.2, 0.25) is 0 Å². The van der Waals surface area contributed by atoms with Crippen LogP contribution in [0, 0.1) is 4.77 Å². The standard InChI is InChI=1S/C18H19N3O3S/c1-4-11-6-5-7-13-12(9-19-16(11)13)8-14-17(23)20(2)18(25)21(14)10-15(22)24-3/h5-9,23H,4,10H2,1-3H3. The summed E-state index contributed by atoms with van der Waals surface area (Å²) in [4.78, 5) is 16.2. The van der Waals surface area contributed by atoms with Crippen molar-refractivity contribution in [2.45, 2.75) is 19.9 Å². The van der Waals surface area contributed by atoms with Gasteiger partial charge in [0.15, 0.2) is 4.77 Å². The number of benzene rings is 1. The summed E-state index contributed by atoms with van der Waals surface area (Å²) in [5, 5.41) is 10.4. The smallest absolute Gasteiger partial charge is 0.325 e. The van der Waals surface area contributed by atoms with Crippen LogP contribution in [0.15, 0.2) is 23.2 Å². The van der Waals surface area contributed by atoms with Gasteiger partial charge in [-0.1, -0.05) is 25.1 Å². The van der Waals surface area contributed by atoms with E-state index in [2.05, 4.69) is 18.0 Å². The molecule has 0 spiro atoms. The summed E-state index contributed by atoms with van der Waals surface area (Å²) in [6, 6.07) is 6.04. The number of aromatic nitrogens is 2. The number of rotatable bonds is 4. The minimum absolute atomic E-state index is 0.00472. The van der Waals surface area contributed by atoms with Gasteiger partial charge in [0, 0.05) is 24.4 Å². The molecular weight excluding hydrogens is 338 g/mol. The Morgan fingerprint density at radius 3 is 2.88 bits per heavy atom. The van der Waals surface area contributed by atoms with Gasteiger partial charge in [0.1, 0.15) is 12.2 Å². The van der Waals surface area contributed by atoms with Crippen LogP contribution in [0.5, 0.6) is 5.88 Å². The third-order valence-corrected chi connectivity index (χ3v) is 4.80. The Morgan fingerprint density at radius 1 is 1.44 bits per heavy atom. The summed E-state index contributed by atoms with van der Waals surface area (Å²) in [5.74, 6) is -0.440. The van der Waals surface area contributed by atoms with E-state index in [-0.39, 0.29) is 12.4 Å². The molecule has 0 atom stereocenters. The number of imidazole rings is 1. The normalized spacial score (nSPS) is 14.1. The number of nitrogens with zero attached hydrogens (tertiary/aromatic N) is 3. The lowest BCUT2D eigenvalue weighted by Crippen LogP contribution is -2.13. The first-order valence-corrected chi connectivity index (χ1v) is 8.32. The number of carbonyl (C=O) groups excluding carboxylic acids is 1. The molecule has 0 saturated carbocycles. The zero-order chi connectivity index (χ0) is 18.1. The number of hydrogen-bond donors (Lipinski definition) is 1. The second kappa shape index (κ2) is 6.68. The van der Waals surface area contributed by atoms with Gasteiger partial charge in [0.05, 0.1) is 12.8 Å². The predicted octanol–water partition coefficient (Wildman–Crippen LogP) is 3.25. The average molecular weight is 357 g/mol. The second-order valence-corrected chi connectivity index (χ2v) is 6.10. The summed E-state index contributed by atoms with van der Waals surface area (Å²) in [6.07, 6.45) is 4.45. The topological polar surface area (TPSA) is 68.8 Å². The van der Waals surface area contributed by atoms with Gasteiger partial charge in [-0.05, 0) is 30.3 Å². The number of aryl methyl sites for hydroxylation is 1. The largest absolute Gasteiger partial charge is 0.493 e. The fourth-order valence-electron chi connectivity index (χ4n) is 2.88. The highest BCUT2D eigenvalue weighted by Gasteiger charge is 2.20. The van der Waals surface area contributed by atoms with Gasteiger partial charge < -0.3 is 14.4 Å². The Bertz CT molecular complexity index is 967. The van der Waals surface area contributed by atoms with Gasteiger partial charge in [-0.15, -0.1) is 0 Å². The number of fused-ring (bicyclic) bond motifs is 1. The van der Waals surface area contributed by atoms with E-state index in [1.165, 1.54) is 17.2 Å². The monoisotopic (exact) mass is 357 g/mol. The highest BCUT2D eigenvalue weighted by atomic mass is 32.1. The first-order chi connectivity index (χ1) is 12.0. The van der Waals surface area contributed by atoms with Crippen molar-refractivity contribution in [1.82, 2.24) is 9.13 Å². The molecule has 3 rings (SSSR count). The first-order valence-electron chi connectivity index (χ1n) is 7.91. The highest BCUT2D eigenvalue weighted by Crippen LogP contribution is 2.36. The maximum atomic E-state index is 11.7. The number of ether oxygens (including phenoxy) is 1. The van der Waals surface area contributed by atoms with Crippen LogP contribution >= 0.6 is 12.2 Å². The Balaban J connectivity index is 2.13. The van der Waals surface area contributed by atoms with Crippen molar-refractivity contribution in [1.29, 1.82) is 0 Å². The number of carbonyl (C=O) groups is 1. The van der Waals surface area contributed by atoms with E-state index in [0.717, 1.165) is 23.2 Å². The molecule has 1 aromatic carbocycles. The molecule has 0 amide bonds. The number of methoxy groups -OCH3 is 1. The molecule has 6 nitrogen and oxygen atoms in total. The van der Waals surface area contributed by atoms with E-state index >= 15 is 0 Å². The summed E-state index contributed by atoms with van der Waals surface area (Å²) >= 11 is 5.32. The minimum atomic E-state index is -0.435. The van der Waals surface area contributed by atoms with Gasteiger partial charge in [0.25, 0.3) is 0 Å². The maximum Gasteiger partial charge on any atom is 0.325 e. The lowest BCUT2D eigenvalue weighted by molar-refractivity contribution is -0.141. The van der Waals surface area contributed by atoms with Crippen molar-refractivity contribution in [2.75, 3.05) is 7.11 Å².